The number of pyridine rings is 1. The molecule has 25 heavy (non-hydrogen) atoms. The lowest BCUT2D eigenvalue weighted by Crippen LogP contribution is -2.14. The summed E-state index contributed by atoms with van der Waals surface area (Å²) in [5.74, 6) is -1.20. The molecule has 0 aliphatic heterocycles. The van der Waals surface area contributed by atoms with E-state index in [1.807, 2.05) is 24.3 Å². The van der Waals surface area contributed by atoms with Crippen LogP contribution in [0, 0.1) is 0 Å². The average molecular weight is 400 g/mol. The highest BCUT2D eigenvalue weighted by molar-refractivity contribution is 9.10. The molecule has 0 spiro atoms. The van der Waals surface area contributed by atoms with Crippen LogP contribution >= 0.6 is 15.9 Å². The van der Waals surface area contributed by atoms with Gasteiger partial charge in [-0.3, -0.25) is 0 Å². The summed E-state index contributed by atoms with van der Waals surface area (Å²) >= 11 is 3.34. The third-order valence-corrected chi connectivity index (χ3v) is 4.29. The maximum Gasteiger partial charge on any atom is 0.339 e. The van der Waals surface area contributed by atoms with Gasteiger partial charge in [0.2, 0.25) is 0 Å². The first kappa shape index (κ1) is 17.1. The van der Waals surface area contributed by atoms with Crippen LogP contribution in [0.15, 0.2) is 53.3 Å². The van der Waals surface area contributed by atoms with Gasteiger partial charge in [0.25, 0.3) is 0 Å². The predicted molar refractivity (Wildman–Crippen MR) is 97.6 cm³/mol. The zero-order chi connectivity index (χ0) is 18.0. The van der Waals surface area contributed by atoms with E-state index in [2.05, 4.69) is 20.9 Å². The van der Waals surface area contributed by atoms with Crippen LogP contribution in [0.1, 0.15) is 20.7 Å². The number of esters is 2. The van der Waals surface area contributed by atoms with Gasteiger partial charge in [0, 0.05) is 11.8 Å². The molecular weight excluding hydrogens is 386 g/mol. The molecule has 0 unspecified atom stereocenters. The van der Waals surface area contributed by atoms with E-state index >= 15 is 0 Å². The molecule has 0 radical (unpaired) electrons. The maximum atomic E-state index is 12.5. The van der Waals surface area contributed by atoms with E-state index < -0.39 is 11.9 Å². The number of carbonyl (C=O) groups is 2. The average Bonchev–Trinajstić information content (AvgIpc) is 2.65. The monoisotopic (exact) mass is 399 g/mol. The second kappa shape index (κ2) is 7.03. The molecule has 0 atom stereocenters. The molecule has 2 aromatic carbocycles. The minimum absolute atomic E-state index is 0.163. The number of hydrogen-bond acceptors (Lipinski definition) is 5. The molecule has 6 heteroatoms. The summed E-state index contributed by atoms with van der Waals surface area (Å²) in [4.78, 5) is 28.9. The molecule has 0 aliphatic rings. The van der Waals surface area contributed by atoms with Crippen molar-refractivity contribution < 1.29 is 19.1 Å². The zero-order valence-corrected chi connectivity index (χ0v) is 15.2. The summed E-state index contributed by atoms with van der Waals surface area (Å²) in [6, 6.07) is 12.7. The number of fused-ring (bicyclic) bond motifs is 1. The molecule has 3 rings (SSSR count). The van der Waals surface area contributed by atoms with Gasteiger partial charge in [0.1, 0.15) is 4.60 Å². The molecule has 0 aliphatic carbocycles. The SMILES string of the molecule is COC(=O)c1cc2ccccc2c(-c2ccnc(Br)c2)c1C(=O)OC. The van der Waals surface area contributed by atoms with Crippen molar-refractivity contribution in [2.24, 2.45) is 0 Å². The van der Waals surface area contributed by atoms with Crippen molar-refractivity contribution in [3.63, 3.8) is 0 Å². The van der Waals surface area contributed by atoms with Gasteiger partial charge in [0.15, 0.2) is 0 Å². The number of methoxy groups -OCH3 is 2. The molecule has 5 nitrogen and oxygen atoms in total. The smallest absolute Gasteiger partial charge is 0.339 e. The van der Waals surface area contributed by atoms with E-state index in [1.54, 1.807) is 24.4 Å². The Hall–Kier alpha value is -2.73. The molecule has 0 N–H and O–H groups in total. The minimum atomic E-state index is -0.603. The van der Waals surface area contributed by atoms with Gasteiger partial charge in [-0.2, -0.15) is 0 Å². The molecule has 126 valence electrons. The van der Waals surface area contributed by atoms with E-state index in [0.29, 0.717) is 10.2 Å². The normalized spacial score (nSPS) is 10.5. The van der Waals surface area contributed by atoms with Crippen molar-refractivity contribution >= 4 is 38.6 Å². The number of benzene rings is 2. The Labute approximate surface area is 152 Å². The number of carbonyl (C=O) groups excluding carboxylic acids is 2. The van der Waals surface area contributed by atoms with Gasteiger partial charge in [0.05, 0.1) is 25.3 Å². The first-order valence-corrected chi connectivity index (χ1v) is 8.20. The fourth-order valence-electron chi connectivity index (χ4n) is 2.79. The Morgan fingerprint density at radius 3 is 2.40 bits per heavy atom. The summed E-state index contributed by atoms with van der Waals surface area (Å²) in [5.41, 5.74) is 1.68. The second-order valence-electron chi connectivity index (χ2n) is 5.25. The number of hydrogen-bond donors (Lipinski definition) is 0. The topological polar surface area (TPSA) is 65.5 Å². The summed E-state index contributed by atoms with van der Waals surface area (Å²) < 4.78 is 10.4. The van der Waals surface area contributed by atoms with Crippen molar-refractivity contribution in [3.05, 3.63) is 64.4 Å². The first-order chi connectivity index (χ1) is 12.1. The third-order valence-electron chi connectivity index (χ3n) is 3.86. The van der Waals surface area contributed by atoms with Crippen LogP contribution in [0.3, 0.4) is 0 Å². The largest absolute Gasteiger partial charge is 0.465 e. The Morgan fingerprint density at radius 2 is 1.72 bits per heavy atom. The second-order valence-corrected chi connectivity index (χ2v) is 6.06. The van der Waals surface area contributed by atoms with E-state index in [9.17, 15) is 9.59 Å². The van der Waals surface area contributed by atoms with Crippen LogP contribution in [-0.2, 0) is 9.47 Å². The zero-order valence-electron chi connectivity index (χ0n) is 13.6. The highest BCUT2D eigenvalue weighted by atomic mass is 79.9. The van der Waals surface area contributed by atoms with Crippen LogP contribution in [0.5, 0.6) is 0 Å². The highest BCUT2D eigenvalue weighted by Crippen LogP contribution is 2.36. The van der Waals surface area contributed by atoms with Crippen LogP contribution in [-0.4, -0.2) is 31.1 Å². The number of aromatic nitrogens is 1. The molecular formula is C19H14BrNO4. The lowest BCUT2D eigenvalue weighted by molar-refractivity contribution is 0.0556. The quantitative estimate of drug-likeness (QED) is 0.486. The maximum absolute atomic E-state index is 12.5. The molecule has 1 heterocycles. The van der Waals surface area contributed by atoms with Gasteiger partial charge in [-0.15, -0.1) is 0 Å². The van der Waals surface area contributed by atoms with Crippen LogP contribution in [0.4, 0.5) is 0 Å². The summed E-state index contributed by atoms with van der Waals surface area (Å²) in [6.07, 6.45) is 1.63. The van der Waals surface area contributed by atoms with E-state index in [1.165, 1.54) is 14.2 Å². The first-order valence-electron chi connectivity index (χ1n) is 7.41. The van der Waals surface area contributed by atoms with E-state index in [4.69, 9.17) is 9.47 Å². The molecule has 3 aromatic rings. The lowest BCUT2D eigenvalue weighted by Gasteiger charge is -2.16. The van der Waals surface area contributed by atoms with Crippen molar-refractivity contribution in [3.8, 4) is 11.1 Å². The molecule has 0 fully saturated rings. The van der Waals surface area contributed by atoms with Crippen LogP contribution in [0.2, 0.25) is 0 Å². The van der Waals surface area contributed by atoms with Crippen molar-refractivity contribution in [1.29, 1.82) is 0 Å². The van der Waals surface area contributed by atoms with Gasteiger partial charge in [-0.25, -0.2) is 14.6 Å². The van der Waals surface area contributed by atoms with Gasteiger partial charge in [-0.05, 0) is 50.5 Å². The van der Waals surface area contributed by atoms with Gasteiger partial charge < -0.3 is 9.47 Å². The number of nitrogens with zero attached hydrogens (tertiary/aromatic N) is 1. The van der Waals surface area contributed by atoms with E-state index in [-0.39, 0.29) is 11.1 Å². The fraction of sp³-hybridized carbons (Fsp3) is 0.105. The summed E-state index contributed by atoms with van der Waals surface area (Å²) in [5, 5.41) is 1.65. The fourth-order valence-corrected chi connectivity index (χ4v) is 3.16. The third kappa shape index (κ3) is 3.13. The Morgan fingerprint density at radius 1 is 1.00 bits per heavy atom. The molecule has 0 saturated carbocycles. The molecule has 0 amide bonds. The lowest BCUT2D eigenvalue weighted by atomic mass is 9.90. The number of halogens is 1. The van der Waals surface area contributed by atoms with Crippen molar-refractivity contribution in [2.45, 2.75) is 0 Å². The van der Waals surface area contributed by atoms with Gasteiger partial charge >= 0.3 is 11.9 Å². The molecule has 1 aromatic heterocycles. The highest BCUT2D eigenvalue weighted by Gasteiger charge is 2.25. The minimum Gasteiger partial charge on any atom is -0.465 e. The Bertz CT molecular complexity index is 984. The van der Waals surface area contributed by atoms with Crippen LogP contribution in [0.25, 0.3) is 21.9 Å². The summed E-state index contributed by atoms with van der Waals surface area (Å²) in [7, 11) is 2.56. The number of ether oxygens (including phenoxy) is 2. The summed E-state index contributed by atoms with van der Waals surface area (Å²) in [6.45, 7) is 0. The predicted octanol–water partition coefficient (Wildman–Crippen LogP) is 4.24. The Kier molecular flexibility index (Phi) is 4.81. The van der Waals surface area contributed by atoms with E-state index in [0.717, 1.165) is 16.3 Å². The van der Waals surface area contributed by atoms with Crippen LogP contribution < -0.4 is 0 Å². The van der Waals surface area contributed by atoms with Crippen molar-refractivity contribution in [2.75, 3.05) is 14.2 Å². The Balaban J connectivity index is 2.50. The van der Waals surface area contributed by atoms with Gasteiger partial charge in [-0.1, -0.05) is 24.3 Å². The molecule has 0 saturated heterocycles. The molecule has 0 bridgehead atoms. The van der Waals surface area contributed by atoms with Crippen molar-refractivity contribution in [1.82, 2.24) is 4.98 Å². The number of rotatable bonds is 3. The standard InChI is InChI=1S/C19H14BrNO4/c1-24-18(22)14-9-11-5-3-4-6-13(11)16(17(14)19(23)25-2)12-7-8-21-15(20)10-12/h3-10H,1-2H3.